The average molecular weight is 668 g/mol. The molecule has 3 aliphatic carbocycles. The lowest BCUT2D eigenvalue weighted by Crippen LogP contribution is -2.61. The SMILES string of the molecule is CC(C)(C)c1ccc(N2c3ccc(C(C)(C)C)cc3B3c4c(cc([Si](C)(C)c5ccccc5)cc42)C2C4=C(CCC=C4)C4=CC=CC3C42)cc1. The van der Waals surface area contributed by atoms with Crippen LogP contribution >= 0.6 is 0 Å². The number of rotatable bonds is 3. The highest BCUT2D eigenvalue weighted by Gasteiger charge is 2.55. The van der Waals surface area contributed by atoms with Crippen LogP contribution in [-0.2, 0) is 10.8 Å². The minimum atomic E-state index is -2.06. The Morgan fingerprint density at radius 3 is 2.20 bits per heavy atom. The van der Waals surface area contributed by atoms with E-state index in [2.05, 4.69) is 175 Å². The summed E-state index contributed by atoms with van der Waals surface area (Å²) < 4.78 is 0. The van der Waals surface area contributed by atoms with Crippen molar-refractivity contribution < 1.29 is 0 Å². The third-order valence-electron chi connectivity index (χ3n) is 12.8. The number of nitrogens with zero attached hydrogens (tertiary/aromatic N) is 1. The second-order valence-corrected chi connectivity index (χ2v) is 22.5. The second-order valence-electron chi connectivity index (χ2n) is 18.1. The van der Waals surface area contributed by atoms with Crippen molar-refractivity contribution in [1.29, 1.82) is 0 Å². The minimum Gasteiger partial charge on any atom is -0.312 e. The van der Waals surface area contributed by atoms with Gasteiger partial charge in [-0.2, -0.15) is 0 Å². The van der Waals surface area contributed by atoms with E-state index in [-0.39, 0.29) is 10.8 Å². The van der Waals surface area contributed by atoms with Gasteiger partial charge in [0.1, 0.15) is 8.07 Å². The first-order chi connectivity index (χ1) is 23.8. The highest BCUT2D eigenvalue weighted by molar-refractivity contribution is 7.00. The molecule has 0 radical (unpaired) electrons. The first kappa shape index (κ1) is 31.9. The van der Waals surface area contributed by atoms with Crippen LogP contribution in [0.4, 0.5) is 17.1 Å². The van der Waals surface area contributed by atoms with E-state index in [1.807, 2.05) is 0 Å². The summed E-state index contributed by atoms with van der Waals surface area (Å²) >= 11 is 0. The molecule has 1 nitrogen and oxygen atoms in total. The Kier molecular flexibility index (Phi) is 6.99. The molecule has 0 amide bonds. The van der Waals surface area contributed by atoms with E-state index in [4.69, 9.17) is 0 Å². The summed E-state index contributed by atoms with van der Waals surface area (Å²) in [6, 6.07) is 33.6. The van der Waals surface area contributed by atoms with Gasteiger partial charge in [-0.1, -0.05) is 156 Å². The molecule has 50 heavy (non-hydrogen) atoms. The van der Waals surface area contributed by atoms with Crippen molar-refractivity contribution in [1.82, 2.24) is 0 Å². The Balaban J connectivity index is 1.37. The molecule has 5 aliphatic rings. The molecule has 3 unspecified atom stereocenters. The van der Waals surface area contributed by atoms with Gasteiger partial charge in [0.2, 0.25) is 6.71 Å². The molecule has 2 heterocycles. The Hall–Kier alpha value is -4.08. The zero-order valence-corrected chi connectivity index (χ0v) is 32.1. The first-order valence-corrected chi connectivity index (χ1v) is 21.9. The Bertz CT molecular complexity index is 2170. The third-order valence-corrected chi connectivity index (χ3v) is 16.3. The molecular formula is C47H50BNSi. The maximum atomic E-state index is 2.71. The van der Waals surface area contributed by atoms with E-state index in [9.17, 15) is 0 Å². The number of anilines is 3. The molecule has 3 heteroatoms. The predicted octanol–water partition coefficient (Wildman–Crippen LogP) is 9.74. The van der Waals surface area contributed by atoms with Gasteiger partial charge in [-0.25, -0.2) is 0 Å². The minimum absolute atomic E-state index is 0.0654. The van der Waals surface area contributed by atoms with Gasteiger partial charge < -0.3 is 4.90 Å². The van der Waals surface area contributed by atoms with E-state index in [1.165, 1.54) is 50.4 Å². The van der Waals surface area contributed by atoms with E-state index >= 15 is 0 Å². The van der Waals surface area contributed by atoms with Crippen LogP contribution in [0.5, 0.6) is 0 Å². The van der Waals surface area contributed by atoms with E-state index in [0.717, 1.165) is 6.42 Å². The molecule has 2 aliphatic heterocycles. The fourth-order valence-electron chi connectivity index (χ4n) is 9.96. The highest BCUT2D eigenvalue weighted by Crippen LogP contribution is 2.60. The molecule has 9 rings (SSSR count). The summed E-state index contributed by atoms with van der Waals surface area (Å²) in [5.41, 5.74) is 16.4. The van der Waals surface area contributed by atoms with Crippen molar-refractivity contribution in [3.8, 4) is 0 Å². The molecule has 0 N–H and O–H groups in total. The lowest BCUT2D eigenvalue weighted by Gasteiger charge is -2.48. The quantitative estimate of drug-likeness (QED) is 0.197. The van der Waals surface area contributed by atoms with Crippen molar-refractivity contribution in [2.24, 2.45) is 5.92 Å². The van der Waals surface area contributed by atoms with Crippen molar-refractivity contribution in [2.45, 2.75) is 90.0 Å². The van der Waals surface area contributed by atoms with Crippen molar-refractivity contribution in [2.75, 3.05) is 4.90 Å². The van der Waals surface area contributed by atoms with Gasteiger partial charge in [0.05, 0.1) is 0 Å². The third kappa shape index (κ3) is 4.65. The lowest BCUT2D eigenvalue weighted by atomic mass is 9.26. The van der Waals surface area contributed by atoms with E-state index < -0.39 is 8.07 Å². The predicted molar refractivity (Wildman–Crippen MR) is 219 cm³/mol. The standard InChI is InChI=1S/C47H50BNSi/c1-46(2,3)30-21-24-32(25-22-30)49-41-26-23-31(47(4,5)6)27-40(41)48-39-20-14-19-37-35-17-12-13-18-36(35)43(44(37)39)38-28-34(29-42(49)45(38)48)50(7,8)33-15-10-9-11-16-33/h9-11,13-16,18-29,39,43-44H,12,17H2,1-8H3. The van der Waals surface area contributed by atoms with Gasteiger partial charge in [-0.15, -0.1) is 0 Å². The maximum Gasteiger partial charge on any atom is 0.222 e. The summed E-state index contributed by atoms with van der Waals surface area (Å²) in [6.07, 6.45) is 14.7. The highest BCUT2D eigenvalue weighted by atomic mass is 28.3. The van der Waals surface area contributed by atoms with Crippen LogP contribution in [0.3, 0.4) is 0 Å². The smallest absolute Gasteiger partial charge is 0.222 e. The number of benzene rings is 4. The van der Waals surface area contributed by atoms with Gasteiger partial charge >= 0.3 is 0 Å². The van der Waals surface area contributed by atoms with Crippen molar-refractivity contribution in [3.63, 3.8) is 0 Å². The lowest BCUT2D eigenvalue weighted by molar-refractivity contribution is 0.563. The zero-order chi connectivity index (χ0) is 34.7. The van der Waals surface area contributed by atoms with Gasteiger partial charge in [-0.3, -0.25) is 0 Å². The summed E-state index contributed by atoms with van der Waals surface area (Å²) in [5, 5.41) is 3.03. The van der Waals surface area contributed by atoms with Crippen LogP contribution in [0.25, 0.3) is 0 Å². The Morgan fingerprint density at radius 2 is 1.48 bits per heavy atom. The summed E-state index contributed by atoms with van der Waals surface area (Å²) in [6.45, 7) is 19.5. The fraction of sp³-hybridized carbons (Fsp3) is 0.319. The molecule has 250 valence electrons. The fourth-order valence-corrected chi connectivity index (χ4v) is 12.3. The first-order valence-electron chi connectivity index (χ1n) is 18.9. The molecule has 0 fully saturated rings. The van der Waals surface area contributed by atoms with Crippen LogP contribution in [0.2, 0.25) is 18.9 Å². The van der Waals surface area contributed by atoms with Crippen LogP contribution in [0.15, 0.2) is 132 Å². The van der Waals surface area contributed by atoms with Gasteiger partial charge in [-0.05, 0) is 104 Å². The van der Waals surface area contributed by atoms with E-state index in [0.29, 0.717) is 24.4 Å². The van der Waals surface area contributed by atoms with Crippen LogP contribution < -0.4 is 26.2 Å². The molecule has 3 atom stereocenters. The monoisotopic (exact) mass is 667 g/mol. The average Bonchev–Trinajstić information content (AvgIpc) is 3.44. The molecule has 0 aromatic heterocycles. The zero-order valence-electron chi connectivity index (χ0n) is 31.1. The van der Waals surface area contributed by atoms with Gasteiger partial charge in [0, 0.05) is 23.0 Å². The molecule has 0 saturated carbocycles. The molecular weight excluding hydrogens is 617 g/mol. The van der Waals surface area contributed by atoms with Gasteiger partial charge in [0.25, 0.3) is 0 Å². The molecule has 0 bridgehead atoms. The number of fused-ring (bicyclic) bond motifs is 6. The normalized spacial score (nSPS) is 21.8. The Morgan fingerprint density at radius 1 is 0.760 bits per heavy atom. The summed E-state index contributed by atoms with van der Waals surface area (Å²) in [4.78, 5) is 2.65. The topological polar surface area (TPSA) is 3.24 Å². The number of allylic oxidation sites excluding steroid dienone is 8. The number of hydrogen-bond acceptors (Lipinski definition) is 1. The molecule has 0 spiro atoms. The van der Waals surface area contributed by atoms with Gasteiger partial charge in [0.15, 0.2) is 0 Å². The van der Waals surface area contributed by atoms with Crippen molar-refractivity contribution in [3.05, 3.63) is 149 Å². The summed E-state index contributed by atoms with van der Waals surface area (Å²) in [7, 11) is -2.06. The maximum absolute atomic E-state index is 2.71. The van der Waals surface area contributed by atoms with Crippen LogP contribution in [0.1, 0.15) is 77.0 Å². The molecule has 4 aromatic carbocycles. The second kappa shape index (κ2) is 11.0. The number of hydrogen-bond donors (Lipinski definition) is 0. The van der Waals surface area contributed by atoms with Crippen LogP contribution in [-0.4, -0.2) is 14.8 Å². The largest absolute Gasteiger partial charge is 0.312 e. The van der Waals surface area contributed by atoms with Crippen LogP contribution in [0, 0.1) is 5.92 Å². The molecule has 4 aromatic rings. The van der Waals surface area contributed by atoms with E-state index in [1.54, 1.807) is 27.7 Å². The molecule has 0 saturated heterocycles. The van der Waals surface area contributed by atoms with Crippen molar-refractivity contribution >= 4 is 53.1 Å². The Labute approximate surface area is 301 Å². The summed E-state index contributed by atoms with van der Waals surface area (Å²) in [5.74, 6) is 1.30.